The van der Waals surface area contributed by atoms with Crippen LogP contribution in [0.25, 0.3) is 0 Å². The Morgan fingerprint density at radius 3 is 2.45 bits per heavy atom. The number of hydrogen-bond acceptors (Lipinski definition) is 7. The van der Waals surface area contributed by atoms with Gasteiger partial charge in [0.25, 0.3) is 5.91 Å². The predicted octanol–water partition coefficient (Wildman–Crippen LogP) is 1.94. The van der Waals surface area contributed by atoms with Crippen molar-refractivity contribution in [2.24, 2.45) is 5.73 Å². The molecule has 2 amide bonds. The number of nitrogens with zero attached hydrogens (tertiary/aromatic N) is 2. The molecule has 1 aromatic carbocycles. The molecule has 0 fully saturated rings. The van der Waals surface area contributed by atoms with Crippen LogP contribution < -0.4 is 20.5 Å². The van der Waals surface area contributed by atoms with Crippen LogP contribution in [0.2, 0.25) is 0 Å². The normalized spacial score (nSPS) is 10.5. The number of carbonyl (C=O) groups excluding carboxylic acids is 2. The zero-order valence-electron chi connectivity index (χ0n) is 17.1. The number of hydrogen-bond donors (Lipinski definition) is 2. The van der Waals surface area contributed by atoms with Gasteiger partial charge in [-0.1, -0.05) is 17.8 Å². The summed E-state index contributed by atoms with van der Waals surface area (Å²) in [6.45, 7) is 4.00. The summed E-state index contributed by atoms with van der Waals surface area (Å²) < 4.78 is 10.6. The fourth-order valence-corrected chi connectivity index (χ4v) is 3.24. The van der Waals surface area contributed by atoms with Crippen molar-refractivity contribution >= 4 is 23.6 Å². The molecule has 0 radical (unpaired) electrons. The van der Waals surface area contributed by atoms with Crippen molar-refractivity contribution in [1.82, 2.24) is 15.3 Å². The third-order valence-corrected chi connectivity index (χ3v) is 4.82. The second-order valence-corrected chi connectivity index (χ2v) is 7.15. The molecule has 156 valence electrons. The Morgan fingerprint density at radius 1 is 1.17 bits per heavy atom. The van der Waals surface area contributed by atoms with Gasteiger partial charge >= 0.3 is 0 Å². The first kappa shape index (κ1) is 22.5. The molecule has 1 heterocycles. The molecule has 29 heavy (non-hydrogen) atoms. The molecule has 0 aliphatic heterocycles. The maximum Gasteiger partial charge on any atom is 0.255 e. The van der Waals surface area contributed by atoms with Crippen LogP contribution in [-0.4, -0.2) is 41.8 Å². The number of benzene rings is 1. The quantitative estimate of drug-likeness (QED) is 0.447. The topological polar surface area (TPSA) is 116 Å². The van der Waals surface area contributed by atoms with E-state index in [2.05, 4.69) is 15.3 Å². The van der Waals surface area contributed by atoms with Crippen molar-refractivity contribution in [3.8, 4) is 11.5 Å². The molecule has 0 aliphatic carbocycles. The number of thioether (sulfide) groups is 1. The van der Waals surface area contributed by atoms with Gasteiger partial charge in [-0.2, -0.15) is 0 Å². The number of aromatic nitrogens is 2. The molecule has 8 nitrogen and oxygen atoms in total. The lowest BCUT2D eigenvalue weighted by Gasteiger charge is -2.12. The van der Waals surface area contributed by atoms with Gasteiger partial charge < -0.3 is 20.5 Å². The lowest BCUT2D eigenvalue weighted by Crippen LogP contribution is -2.23. The number of nitrogens with one attached hydrogen (secondary N) is 1. The van der Waals surface area contributed by atoms with E-state index in [-0.39, 0.29) is 12.5 Å². The first-order valence-electron chi connectivity index (χ1n) is 9.06. The van der Waals surface area contributed by atoms with Crippen LogP contribution in [0.15, 0.2) is 23.4 Å². The number of rotatable bonds is 10. The fraction of sp³-hybridized carbons (Fsp3) is 0.400. The summed E-state index contributed by atoms with van der Waals surface area (Å²) >= 11 is 1.50. The van der Waals surface area contributed by atoms with Gasteiger partial charge in [-0.15, -0.1) is 0 Å². The Labute approximate surface area is 174 Å². The molecule has 1 aromatic heterocycles. The van der Waals surface area contributed by atoms with Crippen LogP contribution in [0.1, 0.15) is 28.9 Å². The van der Waals surface area contributed by atoms with E-state index in [9.17, 15) is 9.59 Å². The van der Waals surface area contributed by atoms with Gasteiger partial charge in [-0.3, -0.25) is 9.59 Å². The molecule has 0 saturated heterocycles. The number of ether oxygens (including phenoxy) is 2. The molecular formula is C20H26N4O4S. The van der Waals surface area contributed by atoms with E-state index in [1.165, 1.54) is 18.9 Å². The summed E-state index contributed by atoms with van der Waals surface area (Å²) in [6.07, 6.45) is 2.87. The minimum atomic E-state index is -0.567. The van der Waals surface area contributed by atoms with Gasteiger partial charge in [0.1, 0.15) is 0 Å². The Kier molecular flexibility index (Phi) is 8.26. The van der Waals surface area contributed by atoms with Gasteiger partial charge in [-0.25, -0.2) is 9.97 Å². The summed E-state index contributed by atoms with van der Waals surface area (Å²) in [4.78, 5) is 32.0. The third kappa shape index (κ3) is 6.63. The van der Waals surface area contributed by atoms with Gasteiger partial charge in [0.05, 0.1) is 7.11 Å². The van der Waals surface area contributed by atoms with Gasteiger partial charge in [-0.05, 0) is 49.8 Å². The fourth-order valence-electron chi connectivity index (χ4n) is 2.78. The SMILES string of the molecule is COc1cc(CNC(=O)CCc2c(C)nc(SC)nc2C)ccc1OCC(N)=O. The number of primary amides is 1. The average Bonchev–Trinajstić information content (AvgIpc) is 2.69. The van der Waals surface area contributed by atoms with Crippen LogP contribution in [0, 0.1) is 13.8 Å². The monoisotopic (exact) mass is 418 g/mol. The van der Waals surface area contributed by atoms with Crippen molar-refractivity contribution in [2.45, 2.75) is 38.4 Å². The zero-order valence-corrected chi connectivity index (χ0v) is 17.9. The largest absolute Gasteiger partial charge is 0.493 e. The first-order chi connectivity index (χ1) is 13.8. The summed E-state index contributed by atoms with van der Waals surface area (Å²) in [5.41, 5.74) is 8.76. The maximum absolute atomic E-state index is 12.3. The first-order valence-corrected chi connectivity index (χ1v) is 10.3. The summed E-state index contributed by atoms with van der Waals surface area (Å²) in [7, 11) is 1.50. The highest BCUT2D eigenvalue weighted by atomic mass is 32.2. The Balaban J connectivity index is 1.91. The number of nitrogens with two attached hydrogens (primary N) is 1. The highest BCUT2D eigenvalue weighted by Crippen LogP contribution is 2.28. The molecule has 2 rings (SSSR count). The van der Waals surface area contributed by atoms with Crippen molar-refractivity contribution in [2.75, 3.05) is 20.0 Å². The van der Waals surface area contributed by atoms with E-state index in [1.807, 2.05) is 20.1 Å². The van der Waals surface area contributed by atoms with Crippen molar-refractivity contribution in [1.29, 1.82) is 0 Å². The molecule has 0 aliphatic rings. The Bertz CT molecular complexity index is 866. The van der Waals surface area contributed by atoms with E-state index in [1.54, 1.807) is 18.2 Å². The van der Waals surface area contributed by atoms with Crippen LogP contribution in [0.3, 0.4) is 0 Å². The molecule has 9 heteroatoms. The highest BCUT2D eigenvalue weighted by molar-refractivity contribution is 7.98. The van der Waals surface area contributed by atoms with E-state index in [0.29, 0.717) is 30.9 Å². The lowest BCUT2D eigenvalue weighted by atomic mass is 10.1. The van der Waals surface area contributed by atoms with Gasteiger partial charge in [0, 0.05) is 24.4 Å². The summed E-state index contributed by atoms with van der Waals surface area (Å²) in [5.74, 6) is 0.254. The molecular weight excluding hydrogens is 392 g/mol. The smallest absolute Gasteiger partial charge is 0.255 e. The Hall–Kier alpha value is -2.81. The zero-order chi connectivity index (χ0) is 21.4. The standard InChI is InChI=1S/C20H26N4O4S/c1-12-15(13(2)24-20(23-12)29-4)6-8-19(26)22-10-14-5-7-16(17(9-14)27-3)28-11-18(21)25/h5,7,9H,6,8,10-11H2,1-4H3,(H2,21,25)(H,22,26). The minimum Gasteiger partial charge on any atom is -0.493 e. The van der Waals surface area contributed by atoms with E-state index in [4.69, 9.17) is 15.2 Å². The summed E-state index contributed by atoms with van der Waals surface area (Å²) in [6, 6.07) is 5.23. The minimum absolute atomic E-state index is 0.0641. The van der Waals surface area contributed by atoms with E-state index < -0.39 is 5.91 Å². The lowest BCUT2D eigenvalue weighted by molar-refractivity contribution is -0.121. The molecule has 0 unspecified atom stereocenters. The van der Waals surface area contributed by atoms with Crippen LogP contribution in [0.4, 0.5) is 0 Å². The van der Waals surface area contributed by atoms with Gasteiger partial charge in [0.15, 0.2) is 23.3 Å². The molecule has 0 bridgehead atoms. The summed E-state index contributed by atoms with van der Waals surface area (Å²) in [5, 5.41) is 3.64. The second kappa shape index (κ2) is 10.7. The van der Waals surface area contributed by atoms with Crippen LogP contribution >= 0.6 is 11.8 Å². The molecule has 2 aromatic rings. The van der Waals surface area contributed by atoms with Crippen molar-refractivity contribution in [3.05, 3.63) is 40.7 Å². The molecule has 0 spiro atoms. The predicted molar refractivity (Wildman–Crippen MR) is 111 cm³/mol. The van der Waals surface area contributed by atoms with E-state index in [0.717, 1.165) is 27.7 Å². The number of carbonyl (C=O) groups is 2. The highest BCUT2D eigenvalue weighted by Gasteiger charge is 2.12. The Morgan fingerprint density at radius 2 is 1.86 bits per heavy atom. The number of methoxy groups -OCH3 is 1. The maximum atomic E-state index is 12.3. The average molecular weight is 419 g/mol. The van der Waals surface area contributed by atoms with Crippen molar-refractivity contribution in [3.63, 3.8) is 0 Å². The second-order valence-electron chi connectivity index (χ2n) is 6.38. The van der Waals surface area contributed by atoms with E-state index >= 15 is 0 Å². The number of amides is 2. The third-order valence-electron chi connectivity index (χ3n) is 4.27. The molecule has 0 atom stereocenters. The number of aryl methyl sites for hydroxylation is 2. The van der Waals surface area contributed by atoms with Crippen molar-refractivity contribution < 1.29 is 19.1 Å². The van der Waals surface area contributed by atoms with Crippen LogP contribution in [-0.2, 0) is 22.6 Å². The van der Waals surface area contributed by atoms with Gasteiger partial charge in [0.2, 0.25) is 5.91 Å². The van der Waals surface area contributed by atoms with Crippen LogP contribution in [0.5, 0.6) is 11.5 Å². The molecule has 0 saturated carbocycles. The molecule has 3 N–H and O–H groups in total.